The molecule has 2 aromatic rings. The SMILES string of the molecule is CNC(=O)CCC(C=O)N1CCc2c(N3CCN(CC(=O)N4CCC(Oc5cccc(C)c5)CC4)CC3)cccc21. The molecule has 41 heavy (non-hydrogen) atoms. The van der Waals surface area contributed by atoms with Crippen LogP contribution in [0.15, 0.2) is 42.5 Å². The maximum absolute atomic E-state index is 13.1. The number of likely N-dealkylation sites (tertiary alicyclic amines) is 1. The van der Waals surface area contributed by atoms with Crippen LogP contribution in [0.4, 0.5) is 11.4 Å². The summed E-state index contributed by atoms with van der Waals surface area (Å²) in [6.45, 7) is 8.21. The lowest BCUT2D eigenvalue weighted by atomic mass is 10.1. The first-order chi connectivity index (χ1) is 19.9. The summed E-state index contributed by atoms with van der Waals surface area (Å²) < 4.78 is 6.16. The van der Waals surface area contributed by atoms with Gasteiger partial charge in [-0.3, -0.25) is 14.5 Å². The number of benzene rings is 2. The van der Waals surface area contributed by atoms with E-state index in [2.05, 4.69) is 57.3 Å². The first kappa shape index (κ1) is 28.9. The number of ether oxygens (including phenoxy) is 1. The number of hydrogen-bond donors (Lipinski definition) is 1. The molecule has 9 heteroatoms. The van der Waals surface area contributed by atoms with Crippen LogP contribution in [0.5, 0.6) is 5.75 Å². The van der Waals surface area contributed by atoms with E-state index in [9.17, 15) is 14.4 Å². The lowest BCUT2D eigenvalue weighted by Gasteiger charge is -2.38. The van der Waals surface area contributed by atoms with Crippen LogP contribution >= 0.6 is 0 Å². The zero-order chi connectivity index (χ0) is 28.8. The van der Waals surface area contributed by atoms with E-state index in [1.54, 1.807) is 7.05 Å². The minimum absolute atomic E-state index is 0.0435. The third-order valence-electron chi connectivity index (χ3n) is 8.70. The van der Waals surface area contributed by atoms with Gasteiger partial charge in [-0.2, -0.15) is 0 Å². The van der Waals surface area contributed by atoms with E-state index in [1.165, 1.54) is 16.8 Å². The first-order valence-electron chi connectivity index (χ1n) is 15.0. The van der Waals surface area contributed by atoms with Gasteiger partial charge >= 0.3 is 0 Å². The first-order valence-corrected chi connectivity index (χ1v) is 15.0. The average molecular weight is 562 g/mol. The van der Waals surface area contributed by atoms with E-state index in [-0.39, 0.29) is 24.0 Å². The molecule has 1 atom stereocenters. The quantitative estimate of drug-likeness (QED) is 0.447. The summed E-state index contributed by atoms with van der Waals surface area (Å²) in [6, 6.07) is 14.2. The maximum Gasteiger partial charge on any atom is 0.236 e. The van der Waals surface area contributed by atoms with Crippen LogP contribution in [-0.2, 0) is 20.8 Å². The highest BCUT2D eigenvalue weighted by Gasteiger charge is 2.31. The van der Waals surface area contributed by atoms with Crippen molar-refractivity contribution in [2.75, 3.05) is 69.2 Å². The molecule has 0 radical (unpaired) electrons. The highest BCUT2D eigenvalue weighted by Crippen LogP contribution is 2.37. The molecule has 3 aliphatic heterocycles. The molecule has 5 rings (SSSR count). The van der Waals surface area contributed by atoms with Gasteiger partial charge in [-0.1, -0.05) is 18.2 Å². The van der Waals surface area contributed by atoms with Crippen molar-refractivity contribution < 1.29 is 19.1 Å². The maximum atomic E-state index is 13.1. The number of rotatable bonds is 10. The van der Waals surface area contributed by atoms with Crippen molar-refractivity contribution in [2.45, 2.75) is 51.2 Å². The van der Waals surface area contributed by atoms with Crippen molar-refractivity contribution >= 4 is 29.5 Å². The normalized spacial score (nSPS) is 18.6. The Balaban J connectivity index is 1.10. The smallest absolute Gasteiger partial charge is 0.236 e. The number of nitrogens with zero attached hydrogens (tertiary/aromatic N) is 4. The molecule has 3 aliphatic rings. The molecule has 0 spiro atoms. The number of aldehydes is 1. The van der Waals surface area contributed by atoms with Gasteiger partial charge in [0.05, 0.1) is 12.6 Å². The fourth-order valence-electron chi connectivity index (χ4n) is 6.33. The summed E-state index contributed by atoms with van der Waals surface area (Å²) in [7, 11) is 1.62. The minimum atomic E-state index is -0.300. The summed E-state index contributed by atoms with van der Waals surface area (Å²) in [5.41, 5.74) is 4.79. The van der Waals surface area contributed by atoms with Gasteiger partial charge in [0.25, 0.3) is 0 Å². The van der Waals surface area contributed by atoms with Crippen LogP contribution in [-0.4, -0.2) is 99.5 Å². The molecule has 220 valence electrons. The number of piperazine rings is 1. The van der Waals surface area contributed by atoms with Crippen LogP contribution in [0, 0.1) is 6.92 Å². The van der Waals surface area contributed by atoms with Crippen molar-refractivity contribution in [3.05, 3.63) is 53.6 Å². The van der Waals surface area contributed by atoms with E-state index in [0.29, 0.717) is 19.4 Å². The fourth-order valence-corrected chi connectivity index (χ4v) is 6.33. The molecule has 0 aliphatic carbocycles. The van der Waals surface area contributed by atoms with Crippen LogP contribution in [0.25, 0.3) is 0 Å². The highest BCUT2D eigenvalue weighted by molar-refractivity contribution is 5.79. The number of anilines is 2. The zero-order valence-corrected chi connectivity index (χ0v) is 24.4. The van der Waals surface area contributed by atoms with Gasteiger partial charge in [-0.15, -0.1) is 0 Å². The van der Waals surface area contributed by atoms with E-state index in [1.807, 2.05) is 17.0 Å². The minimum Gasteiger partial charge on any atom is -0.490 e. The molecular weight excluding hydrogens is 518 g/mol. The lowest BCUT2D eigenvalue weighted by Crippen LogP contribution is -2.51. The summed E-state index contributed by atoms with van der Waals surface area (Å²) in [5.74, 6) is 1.08. The molecule has 2 saturated heterocycles. The number of aryl methyl sites for hydroxylation is 1. The molecule has 0 bridgehead atoms. The van der Waals surface area contributed by atoms with Gasteiger partial charge in [0, 0.05) is 89.1 Å². The van der Waals surface area contributed by atoms with Crippen LogP contribution in [0.2, 0.25) is 0 Å². The topological polar surface area (TPSA) is 85.4 Å². The largest absolute Gasteiger partial charge is 0.490 e. The molecular formula is C32H43N5O4. The molecule has 1 N–H and O–H groups in total. The fraction of sp³-hybridized carbons (Fsp3) is 0.531. The number of nitrogens with one attached hydrogen (secondary N) is 1. The zero-order valence-electron chi connectivity index (χ0n) is 24.4. The molecule has 0 saturated carbocycles. The van der Waals surface area contributed by atoms with Gasteiger partial charge in [-0.25, -0.2) is 0 Å². The monoisotopic (exact) mass is 561 g/mol. The van der Waals surface area contributed by atoms with Gasteiger partial charge in [0.1, 0.15) is 18.1 Å². The Morgan fingerprint density at radius 3 is 2.44 bits per heavy atom. The van der Waals surface area contributed by atoms with Crippen molar-refractivity contribution in [1.29, 1.82) is 0 Å². The molecule has 2 aromatic carbocycles. The third kappa shape index (κ3) is 7.01. The highest BCUT2D eigenvalue weighted by atomic mass is 16.5. The van der Waals surface area contributed by atoms with Crippen molar-refractivity contribution in [1.82, 2.24) is 15.1 Å². The van der Waals surface area contributed by atoms with Gasteiger partial charge in [0.2, 0.25) is 11.8 Å². The lowest BCUT2D eigenvalue weighted by molar-refractivity contribution is -0.134. The Hall–Kier alpha value is -3.59. The molecule has 1 unspecified atom stereocenters. The Bertz CT molecular complexity index is 1220. The Morgan fingerprint density at radius 2 is 1.73 bits per heavy atom. The number of fused-ring (bicyclic) bond motifs is 1. The molecule has 0 aromatic heterocycles. The summed E-state index contributed by atoms with van der Waals surface area (Å²) in [6.07, 6.45) is 4.59. The number of piperidine rings is 1. The number of hydrogen-bond acceptors (Lipinski definition) is 7. The number of amides is 2. The van der Waals surface area contributed by atoms with Gasteiger partial charge < -0.3 is 29.5 Å². The second-order valence-corrected chi connectivity index (χ2v) is 11.4. The molecule has 9 nitrogen and oxygen atoms in total. The second kappa shape index (κ2) is 13.4. The van der Waals surface area contributed by atoms with E-state index < -0.39 is 0 Å². The van der Waals surface area contributed by atoms with Crippen LogP contribution < -0.4 is 19.9 Å². The van der Waals surface area contributed by atoms with Gasteiger partial charge in [0.15, 0.2) is 0 Å². The van der Waals surface area contributed by atoms with Crippen LogP contribution in [0.3, 0.4) is 0 Å². The molecule has 2 amide bonds. The molecule has 2 fully saturated rings. The summed E-state index contributed by atoms with van der Waals surface area (Å²) in [4.78, 5) is 45.6. The number of carbonyl (C=O) groups excluding carboxylic acids is 3. The predicted octanol–water partition coefficient (Wildman–Crippen LogP) is 2.64. The van der Waals surface area contributed by atoms with Crippen molar-refractivity contribution in [3.8, 4) is 5.75 Å². The third-order valence-corrected chi connectivity index (χ3v) is 8.70. The summed E-state index contributed by atoms with van der Waals surface area (Å²) in [5, 5.41) is 2.64. The predicted molar refractivity (Wildman–Crippen MR) is 161 cm³/mol. The second-order valence-electron chi connectivity index (χ2n) is 11.4. The van der Waals surface area contributed by atoms with Crippen molar-refractivity contribution in [2.24, 2.45) is 0 Å². The van der Waals surface area contributed by atoms with Crippen LogP contribution in [0.1, 0.15) is 36.8 Å². The standard InChI is InChI=1S/C32H43N5O4/c1-24-5-3-6-27(21-24)41-26-11-14-36(15-12-26)32(40)22-34-17-19-35(20-18-34)29-7-4-8-30-28(29)13-16-37(30)25(23-38)9-10-31(39)33-2/h3-8,21,23,25-26H,9-20,22H2,1-2H3,(H,33,39). The van der Waals surface area contributed by atoms with E-state index >= 15 is 0 Å². The van der Waals surface area contributed by atoms with E-state index in [0.717, 1.165) is 82.8 Å². The Kier molecular flexibility index (Phi) is 9.44. The van der Waals surface area contributed by atoms with Crippen molar-refractivity contribution in [3.63, 3.8) is 0 Å². The molecule has 3 heterocycles. The average Bonchev–Trinajstić information content (AvgIpc) is 3.42. The van der Waals surface area contributed by atoms with E-state index in [4.69, 9.17) is 4.74 Å². The Labute approximate surface area is 243 Å². The summed E-state index contributed by atoms with van der Waals surface area (Å²) >= 11 is 0. The Morgan fingerprint density at radius 1 is 1.00 bits per heavy atom. The van der Waals surface area contributed by atoms with Gasteiger partial charge in [-0.05, 0) is 49.6 Å². The number of carbonyl (C=O) groups is 3.